The summed E-state index contributed by atoms with van der Waals surface area (Å²) in [6, 6.07) is 2.03. The maximum absolute atomic E-state index is 4.56. The molecule has 0 aliphatic heterocycles. The lowest BCUT2D eigenvalue weighted by atomic mass is 10.1. The van der Waals surface area contributed by atoms with Crippen molar-refractivity contribution >= 4 is 5.95 Å². The molecule has 4 nitrogen and oxygen atoms in total. The second-order valence-electron chi connectivity index (χ2n) is 5.42. The molecule has 0 spiro atoms. The summed E-state index contributed by atoms with van der Waals surface area (Å²) >= 11 is 0. The smallest absolute Gasteiger partial charge is 0.225 e. The third-order valence-corrected chi connectivity index (χ3v) is 2.51. The summed E-state index contributed by atoms with van der Waals surface area (Å²) in [6.07, 6.45) is 0. The summed E-state index contributed by atoms with van der Waals surface area (Å²) in [5.74, 6) is 0.804. The fourth-order valence-electron chi connectivity index (χ4n) is 1.38. The van der Waals surface area contributed by atoms with Crippen molar-refractivity contribution in [3.05, 3.63) is 17.5 Å². The van der Waals surface area contributed by atoms with Gasteiger partial charge in [-0.25, -0.2) is 9.97 Å². The van der Waals surface area contributed by atoms with Gasteiger partial charge in [0.05, 0.1) is 5.69 Å². The van der Waals surface area contributed by atoms with E-state index < -0.39 is 0 Å². The topological polar surface area (TPSA) is 41.1 Å². The Kier molecular flexibility index (Phi) is 4.46. The molecule has 0 amide bonds. The van der Waals surface area contributed by atoms with Crippen LogP contribution in [0.15, 0.2) is 6.07 Å². The molecule has 0 radical (unpaired) electrons. The van der Waals surface area contributed by atoms with Gasteiger partial charge < -0.3 is 10.2 Å². The minimum atomic E-state index is 0.107. The molecule has 17 heavy (non-hydrogen) atoms. The molecule has 96 valence electrons. The van der Waals surface area contributed by atoms with Crippen LogP contribution >= 0.6 is 0 Å². The molecule has 1 heterocycles. The van der Waals surface area contributed by atoms with E-state index in [2.05, 4.69) is 43.0 Å². The Morgan fingerprint density at radius 2 is 1.94 bits per heavy atom. The summed E-state index contributed by atoms with van der Waals surface area (Å²) in [5, 5.41) is 3.44. The van der Waals surface area contributed by atoms with Crippen LogP contribution in [0.4, 0.5) is 5.95 Å². The van der Waals surface area contributed by atoms with E-state index in [0.717, 1.165) is 30.4 Å². The third-order valence-electron chi connectivity index (χ3n) is 2.51. The van der Waals surface area contributed by atoms with E-state index in [9.17, 15) is 0 Å². The van der Waals surface area contributed by atoms with Gasteiger partial charge in [-0.15, -0.1) is 0 Å². The average molecular weight is 236 g/mol. The SMILES string of the molecule is CCN(C)c1nc(C)cc(CNC(C)(C)C)n1. The molecule has 1 N–H and O–H groups in total. The minimum absolute atomic E-state index is 0.107. The molecular formula is C13H24N4. The van der Waals surface area contributed by atoms with Gasteiger partial charge in [0.1, 0.15) is 0 Å². The number of hydrogen-bond acceptors (Lipinski definition) is 4. The van der Waals surface area contributed by atoms with Gasteiger partial charge in [-0.05, 0) is 40.7 Å². The monoisotopic (exact) mass is 236 g/mol. The Morgan fingerprint density at radius 1 is 1.29 bits per heavy atom. The van der Waals surface area contributed by atoms with E-state index in [1.807, 2.05) is 24.9 Å². The predicted molar refractivity (Wildman–Crippen MR) is 72.3 cm³/mol. The lowest BCUT2D eigenvalue weighted by molar-refractivity contribution is 0.421. The number of anilines is 1. The summed E-state index contributed by atoms with van der Waals surface area (Å²) in [4.78, 5) is 11.0. The molecular weight excluding hydrogens is 212 g/mol. The normalized spacial score (nSPS) is 11.6. The van der Waals surface area contributed by atoms with Crippen LogP contribution in [0.5, 0.6) is 0 Å². The van der Waals surface area contributed by atoms with E-state index >= 15 is 0 Å². The van der Waals surface area contributed by atoms with Crippen LogP contribution in [0.2, 0.25) is 0 Å². The van der Waals surface area contributed by atoms with Crippen LogP contribution in [0.3, 0.4) is 0 Å². The van der Waals surface area contributed by atoms with E-state index in [1.54, 1.807) is 0 Å². The molecule has 0 aliphatic carbocycles. The van der Waals surface area contributed by atoms with Crippen LogP contribution in [0.1, 0.15) is 39.1 Å². The highest BCUT2D eigenvalue weighted by molar-refractivity contribution is 5.30. The quantitative estimate of drug-likeness (QED) is 0.869. The highest BCUT2D eigenvalue weighted by atomic mass is 15.2. The molecule has 0 atom stereocenters. The van der Waals surface area contributed by atoms with E-state index in [1.165, 1.54) is 0 Å². The van der Waals surface area contributed by atoms with Crippen molar-refractivity contribution in [2.45, 2.75) is 46.7 Å². The van der Waals surface area contributed by atoms with Crippen LogP contribution in [-0.4, -0.2) is 29.1 Å². The van der Waals surface area contributed by atoms with Crippen LogP contribution in [0, 0.1) is 6.92 Å². The maximum atomic E-state index is 4.56. The van der Waals surface area contributed by atoms with Gasteiger partial charge >= 0.3 is 0 Å². The van der Waals surface area contributed by atoms with Crippen molar-refractivity contribution < 1.29 is 0 Å². The first kappa shape index (κ1) is 13.9. The predicted octanol–water partition coefficient (Wildman–Crippen LogP) is 2.13. The zero-order valence-electron chi connectivity index (χ0n) is 11.8. The number of nitrogens with one attached hydrogen (secondary N) is 1. The number of nitrogens with zero attached hydrogens (tertiary/aromatic N) is 3. The fraction of sp³-hybridized carbons (Fsp3) is 0.692. The van der Waals surface area contributed by atoms with Gasteiger partial charge in [0.25, 0.3) is 0 Å². The molecule has 0 aliphatic rings. The highest BCUT2D eigenvalue weighted by Crippen LogP contribution is 2.09. The zero-order chi connectivity index (χ0) is 13.1. The summed E-state index contributed by atoms with van der Waals surface area (Å²) in [7, 11) is 2.01. The Morgan fingerprint density at radius 3 is 2.47 bits per heavy atom. The average Bonchev–Trinajstić information content (AvgIpc) is 2.23. The van der Waals surface area contributed by atoms with Crippen molar-refractivity contribution in [3.63, 3.8) is 0 Å². The summed E-state index contributed by atoms with van der Waals surface area (Å²) in [6.45, 7) is 12.3. The molecule has 0 unspecified atom stereocenters. The van der Waals surface area contributed by atoms with E-state index in [4.69, 9.17) is 0 Å². The molecule has 0 fully saturated rings. The van der Waals surface area contributed by atoms with Gasteiger partial charge in [0.2, 0.25) is 5.95 Å². The first-order valence-corrected chi connectivity index (χ1v) is 6.12. The first-order valence-electron chi connectivity index (χ1n) is 6.12. The third kappa shape index (κ3) is 4.69. The van der Waals surface area contributed by atoms with Gasteiger partial charge in [0, 0.05) is 31.4 Å². The van der Waals surface area contributed by atoms with Crippen molar-refractivity contribution in [1.29, 1.82) is 0 Å². The van der Waals surface area contributed by atoms with Crippen molar-refractivity contribution in [2.75, 3.05) is 18.5 Å². The molecule has 1 rings (SSSR count). The Balaban J connectivity index is 2.82. The number of hydrogen-bond donors (Lipinski definition) is 1. The standard InChI is InChI=1S/C13H24N4/c1-7-17(6)12-15-10(2)8-11(16-12)9-14-13(3,4)5/h8,14H,7,9H2,1-6H3. The van der Waals surface area contributed by atoms with Crippen molar-refractivity contribution in [2.24, 2.45) is 0 Å². The van der Waals surface area contributed by atoms with Crippen LogP contribution < -0.4 is 10.2 Å². The second-order valence-corrected chi connectivity index (χ2v) is 5.42. The maximum Gasteiger partial charge on any atom is 0.225 e. The second kappa shape index (κ2) is 5.45. The molecule has 0 aromatic carbocycles. The highest BCUT2D eigenvalue weighted by Gasteiger charge is 2.10. The molecule has 0 saturated carbocycles. The summed E-state index contributed by atoms with van der Waals surface area (Å²) < 4.78 is 0. The largest absolute Gasteiger partial charge is 0.344 e. The molecule has 0 bridgehead atoms. The van der Waals surface area contributed by atoms with E-state index in [-0.39, 0.29) is 5.54 Å². The van der Waals surface area contributed by atoms with Gasteiger partial charge in [0.15, 0.2) is 0 Å². The lowest BCUT2D eigenvalue weighted by Gasteiger charge is -2.21. The molecule has 0 saturated heterocycles. The van der Waals surface area contributed by atoms with Gasteiger partial charge in [-0.2, -0.15) is 0 Å². The molecule has 4 heteroatoms. The number of aromatic nitrogens is 2. The van der Waals surface area contributed by atoms with Gasteiger partial charge in [-0.1, -0.05) is 0 Å². The Bertz CT molecular complexity index is 368. The molecule has 1 aromatic heterocycles. The first-order chi connectivity index (χ1) is 7.81. The Hall–Kier alpha value is -1.16. The van der Waals surface area contributed by atoms with Crippen LogP contribution in [-0.2, 0) is 6.54 Å². The molecule has 1 aromatic rings. The Labute approximate surface area is 104 Å². The van der Waals surface area contributed by atoms with Gasteiger partial charge in [-0.3, -0.25) is 0 Å². The van der Waals surface area contributed by atoms with Crippen molar-refractivity contribution in [1.82, 2.24) is 15.3 Å². The summed E-state index contributed by atoms with van der Waals surface area (Å²) in [5.41, 5.74) is 2.17. The number of rotatable bonds is 4. The fourth-order valence-corrected chi connectivity index (χ4v) is 1.38. The number of aryl methyl sites for hydroxylation is 1. The van der Waals surface area contributed by atoms with Crippen molar-refractivity contribution in [3.8, 4) is 0 Å². The minimum Gasteiger partial charge on any atom is -0.344 e. The zero-order valence-corrected chi connectivity index (χ0v) is 11.8. The van der Waals surface area contributed by atoms with Crippen LogP contribution in [0.25, 0.3) is 0 Å². The lowest BCUT2D eigenvalue weighted by Crippen LogP contribution is -2.35. The van der Waals surface area contributed by atoms with E-state index in [0.29, 0.717) is 0 Å².